The first-order valence-electron chi connectivity index (χ1n) is 6.67. The van der Waals surface area contributed by atoms with Crippen LogP contribution in [0.5, 0.6) is 5.75 Å². The van der Waals surface area contributed by atoms with Crippen LogP contribution in [-0.2, 0) is 12.8 Å². The van der Waals surface area contributed by atoms with E-state index in [1.807, 2.05) is 0 Å². The number of hydrogen-bond donors (Lipinski definition) is 1. The zero-order chi connectivity index (χ0) is 11.9. The third-order valence-corrected chi connectivity index (χ3v) is 3.82. The molecule has 3 rings (SSSR count). The third kappa shape index (κ3) is 2.13. The van der Waals surface area contributed by atoms with Crippen LogP contribution in [0.4, 0.5) is 5.69 Å². The Morgan fingerprint density at radius 1 is 1.12 bits per heavy atom. The second-order valence-electron chi connectivity index (χ2n) is 6.13. The van der Waals surface area contributed by atoms with Gasteiger partial charge in [0.05, 0.1) is 12.3 Å². The summed E-state index contributed by atoms with van der Waals surface area (Å²) in [7, 11) is 0. The highest BCUT2D eigenvalue weighted by Crippen LogP contribution is 2.36. The molecule has 0 aromatic heterocycles. The Balaban J connectivity index is 1.96. The molecule has 0 bridgehead atoms. The average molecular weight is 231 g/mol. The Kier molecular flexibility index (Phi) is 2.53. The van der Waals surface area contributed by atoms with E-state index in [4.69, 9.17) is 4.74 Å². The van der Waals surface area contributed by atoms with Gasteiger partial charge < -0.3 is 10.1 Å². The summed E-state index contributed by atoms with van der Waals surface area (Å²) in [4.78, 5) is 0. The van der Waals surface area contributed by atoms with Crippen molar-refractivity contribution in [3.8, 4) is 5.75 Å². The Morgan fingerprint density at radius 2 is 1.82 bits per heavy atom. The van der Waals surface area contributed by atoms with Gasteiger partial charge in [0.1, 0.15) is 5.75 Å². The highest BCUT2D eigenvalue weighted by Gasteiger charge is 2.24. The average Bonchev–Trinajstić information content (AvgIpc) is 2.47. The zero-order valence-electron chi connectivity index (χ0n) is 10.8. The van der Waals surface area contributed by atoms with Crippen molar-refractivity contribution in [1.29, 1.82) is 0 Å². The van der Waals surface area contributed by atoms with Crippen molar-refractivity contribution in [2.75, 3.05) is 18.5 Å². The monoisotopic (exact) mass is 231 g/mol. The molecule has 1 aromatic rings. The van der Waals surface area contributed by atoms with Gasteiger partial charge in [-0.1, -0.05) is 13.8 Å². The number of rotatable bonds is 0. The molecule has 0 unspecified atom stereocenters. The fourth-order valence-electron chi connectivity index (χ4n) is 2.68. The molecule has 0 fully saturated rings. The molecule has 0 spiro atoms. The van der Waals surface area contributed by atoms with Gasteiger partial charge in [-0.25, -0.2) is 0 Å². The zero-order valence-corrected chi connectivity index (χ0v) is 10.8. The Bertz CT molecular complexity index is 398. The first-order valence-corrected chi connectivity index (χ1v) is 6.67. The van der Waals surface area contributed by atoms with Gasteiger partial charge in [0.2, 0.25) is 0 Å². The summed E-state index contributed by atoms with van der Waals surface area (Å²) in [6, 6.07) is 4.57. The number of ether oxygens (including phenoxy) is 1. The minimum Gasteiger partial charge on any atom is -0.491 e. The van der Waals surface area contributed by atoms with Crippen LogP contribution in [0.15, 0.2) is 12.1 Å². The van der Waals surface area contributed by atoms with Crippen LogP contribution >= 0.6 is 0 Å². The fourth-order valence-corrected chi connectivity index (χ4v) is 2.68. The van der Waals surface area contributed by atoms with Gasteiger partial charge in [0.15, 0.2) is 0 Å². The van der Waals surface area contributed by atoms with Crippen molar-refractivity contribution >= 4 is 5.69 Å². The van der Waals surface area contributed by atoms with Crippen LogP contribution in [-0.4, -0.2) is 13.2 Å². The SMILES string of the molecule is CC1(C)CNc2cc3c(cc2OC1)CCCC3. The van der Waals surface area contributed by atoms with Crippen LogP contribution in [0, 0.1) is 5.41 Å². The van der Waals surface area contributed by atoms with Gasteiger partial charge in [-0.2, -0.15) is 0 Å². The molecule has 0 atom stereocenters. The molecule has 0 saturated carbocycles. The van der Waals surface area contributed by atoms with Gasteiger partial charge in [0.25, 0.3) is 0 Å². The van der Waals surface area contributed by atoms with Gasteiger partial charge >= 0.3 is 0 Å². The van der Waals surface area contributed by atoms with E-state index < -0.39 is 0 Å². The predicted molar refractivity (Wildman–Crippen MR) is 70.8 cm³/mol. The first-order chi connectivity index (χ1) is 8.14. The van der Waals surface area contributed by atoms with Crippen molar-refractivity contribution in [1.82, 2.24) is 0 Å². The van der Waals surface area contributed by atoms with Crippen molar-refractivity contribution in [2.24, 2.45) is 5.41 Å². The molecule has 1 aliphatic heterocycles. The molecule has 0 radical (unpaired) electrons. The standard InChI is InChI=1S/C15H21NO/c1-15(2)9-16-13-7-11-5-3-4-6-12(11)8-14(13)17-10-15/h7-8,16H,3-6,9-10H2,1-2H3. The number of fused-ring (bicyclic) bond motifs is 2. The van der Waals surface area contributed by atoms with E-state index in [1.54, 1.807) is 0 Å². The lowest BCUT2D eigenvalue weighted by Gasteiger charge is -2.20. The maximum atomic E-state index is 5.97. The van der Waals surface area contributed by atoms with Crippen LogP contribution in [0.3, 0.4) is 0 Å². The van der Waals surface area contributed by atoms with Crippen molar-refractivity contribution in [2.45, 2.75) is 39.5 Å². The first kappa shape index (κ1) is 10.9. The number of benzene rings is 1. The molecule has 2 heteroatoms. The molecule has 1 aromatic carbocycles. The Morgan fingerprint density at radius 3 is 2.59 bits per heavy atom. The lowest BCUT2D eigenvalue weighted by Crippen LogP contribution is -2.27. The summed E-state index contributed by atoms with van der Waals surface area (Å²) >= 11 is 0. The second-order valence-corrected chi connectivity index (χ2v) is 6.13. The molecule has 0 amide bonds. The predicted octanol–water partition coefficient (Wildman–Crippen LogP) is 3.40. The number of aryl methyl sites for hydroxylation is 2. The largest absolute Gasteiger partial charge is 0.491 e. The van der Waals surface area contributed by atoms with Gasteiger partial charge in [-0.15, -0.1) is 0 Å². The summed E-state index contributed by atoms with van der Waals surface area (Å²) in [6.07, 6.45) is 5.10. The van der Waals surface area contributed by atoms with Gasteiger partial charge in [-0.3, -0.25) is 0 Å². The lowest BCUT2D eigenvalue weighted by atomic mass is 9.91. The van der Waals surface area contributed by atoms with Gasteiger partial charge in [0, 0.05) is 12.0 Å². The lowest BCUT2D eigenvalue weighted by molar-refractivity contribution is 0.200. The van der Waals surface area contributed by atoms with Crippen molar-refractivity contribution in [3.05, 3.63) is 23.3 Å². The third-order valence-electron chi connectivity index (χ3n) is 3.82. The molecule has 92 valence electrons. The molecule has 2 aliphatic rings. The molecule has 17 heavy (non-hydrogen) atoms. The summed E-state index contributed by atoms with van der Waals surface area (Å²) in [5.74, 6) is 1.05. The Labute approximate surface area is 103 Å². The maximum Gasteiger partial charge on any atom is 0.142 e. The summed E-state index contributed by atoms with van der Waals surface area (Å²) in [6.45, 7) is 6.27. The van der Waals surface area contributed by atoms with Crippen LogP contribution in [0.25, 0.3) is 0 Å². The quantitative estimate of drug-likeness (QED) is 0.739. The van der Waals surface area contributed by atoms with E-state index in [2.05, 4.69) is 31.3 Å². The molecular formula is C15H21NO. The molecule has 1 aliphatic carbocycles. The second kappa shape index (κ2) is 3.94. The van der Waals surface area contributed by atoms with Crippen LogP contribution in [0.1, 0.15) is 37.8 Å². The maximum absolute atomic E-state index is 5.97. The van der Waals surface area contributed by atoms with E-state index in [0.29, 0.717) is 0 Å². The molecule has 0 saturated heterocycles. The highest BCUT2D eigenvalue weighted by atomic mass is 16.5. The summed E-state index contributed by atoms with van der Waals surface area (Å²) in [5.41, 5.74) is 4.41. The minimum absolute atomic E-state index is 0.208. The fraction of sp³-hybridized carbons (Fsp3) is 0.600. The van der Waals surface area contributed by atoms with Crippen LogP contribution < -0.4 is 10.1 Å². The number of hydrogen-bond acceptors (Lipinski definition) is 2. The topological polar surface area (TPSA) is 21.3 Å². The summed E-state index contributed by atoms with van der Waals surface area (Å²) < 4.78 is 5.97. The van der Waals surface area contributed by atoms with Gasteiger partial charge in [-0.05, 0) is 48.9 Å². The molecule has 2 nitrogen and oxygen atoms in total. The Hall–Kier alpha value is -1.18. The minimum atomic E-state index is 0.208. The van der Waals surface area contributed by atoms with E-state index >= 15 is 0 Å². The molecule has 1 N–H and O–H groups in total. The van der Waals surface area contributed by atoms with E-state index in [0.717, 1.165) is 18.9 Å². The molecule has 1 heterocycles. The van der Waals surface area contributed by atoms with E-state index in [-0.39, 0.29) is 5.41 Å². The van der Waals surface area contributed by atoms with E-state index in [9.17, 15) is 0 Å². The van der Waals surface area contributed by atoms with E-state index in [1.165, 1.54) is 42.5 Å². The van der Waals surface area contributed by atoms with Crippen molar-refractivity contribution < 1.29 is 4.74 Å². The van der Waals surface area contributed by atoms with Crippen LogP contribution in [0.2, 0.25) is 0 Å². The van der Waals surface area contributed by atoms with Crippen molar-refractivity contribution in [3.63, 3.8) is 0 Å². The molecular weight excluding hydrogens is 210 g/mol. The smallest absolute Gasteiger partial charge is 0.142 e. The number of anilines is 1. The highest BCUT2D eigenvalue weighted by molar-refractivity contribution is 5.61. The summed E-state index contributed by atoms with van der Waals surface area (Å²) in [5, 5.41) is 3.54. The normalized spacial score (nSPS) is 21.5. The number of nitrogens with one attached hydrogen (secondary N) is 1.